The van der Waals surface area contributed by atoms with E-state index in [2.05, 4.69) is 5.32 Å². The van der Waals surface area contributed by atoms with Crippen LogP contribution in [-0.4, -0.2) is 17.1 Å². The van der Waals surface area contributed by atoms with E-state index in [1.807, 2.05) is 20.8 Å². The number of nitrogens with two attached hydrogens (primary N) is 1. The predicted molar refractivity (Wildman–Crippen MR) is 73.6 cm³/mol. The molecule has 0 saturated carbocycles. The molecule has 0 aliphatic rings. The molecule has 1 atom stereocenters. The Morgan fingerprint density at radius 2 is 1.94 bits per heavy atom. The zero-order valence-corrected chi connectivity index (χ0v) is 11.4. The molecule has 0 heterocycles. The minimum atomic E-state index is -0.136. The van der Waals surface area contributed by atoms with Gasteiger partial charge in [0.25, 0.3) is 0 Å². The van der Waals surface area contributed by atoms with Gasteiger partial charge in [-0.2, -0.15) is 0 Å². The van der Waals surface area contributed by atoms with Gasteiger partial charge < -0.3 is 16.2 Å². The largest absolute Gasteiger partial charge is 0.508 e. The number of benzene rings is 1. The van der Waals surface area contributed by atoms with Crippen LogP contribution in [0.15, 0.2) is 12.1 Å². The first kappa shape index (κ1) is 14.5. The van der Waals surface area contributed by atoms with Crippen molar-refractivity contribution in [2.45, 2.75) is 40.2 Å². The molecule has 1 amide bonds. The maximum Gasteiger partial charge on any atom is 0.225 e. The number of nitrogens with one attached hydrogen (secondary N) is 1. The van der Waals surface area contributed by atoms with Gasteiger partial charge in [-0.1, -0.05) is 13.8 Å². The van der Waals surface area contributed by atoms with Crippen LogP contribution in [0.25, 0.3) is 0 Å². The van der Waals surface area contributed by atoms with Gasteiger partial charge in [0, 0.05) is 18.2 Å². The molecule has 1 unspecified atom stereocenters. The summed E-state index contributed by atoms with van der Waals surface area (Å²) in [6.45, 7) is 7.63. The molecule has 0 aromatic heterocycles. The van der Waals surface area contributed by atoms with Crippen LogP contribution >= 0.6 is 0 Å². The molecule has 4 nitrogen and oxygen atoms in total. The summed E-state index contributed by atoms with van der Waals surface area (Å²) in [6, 6.07) is 3.28. The van der Waals surface area contributed by atoms with Gasteiger partial charge in [-0.3, -0.25) is 4.79 Å². The van der Waals surface area contributed by atoms with Gasteiger partial charge in [-0.25, -0.2) is 0 Å². The summed E-state index contributed by atoms with van der Waals surface area (Å²) in [5.74, 6) is 0.423. The molecule has 0 aliphatic carbocycles. The Morgan fingerprint density at radius 3 is 2.50 bits per heavy atom. The molecule has 100 valence electrons. The molecular weight excluding hydrogens is 228 g/mol. The number of carbonyl (C=O) groups is 1. The van der Waals surface area contributed by atoms with Gasteiger partial charge >= 0.3 is 0 Å². The fourth-order valence-corrected chi connectivity index (χ4v) is 1.59. The lowest BCUT2D eigenvalue weighted by Gasteiger charge is -2.16. The summed E-state index contributed by atoms with van der Waals surface area (Å²) in [6.07, 6.45) is 0.303. The lowest BCUT2D eigenvalue weighted by molar-refractivity contribution is -0.116. The zero-order valence-electron chi connectivity index (χ0n) is 11.4. The Labute approximate surface area is 108 Å². The second-order valence-electron chi connectivity index (χ2n) is 5.11. The van der Waals surface area contributed by atoms with E-state index in [4.69, 9.17) is 5.73 Å². The summed E-state index contributed by atoms with van der Waals surface area (Å²) in [5.41, 5.74) is 8.17. The standard InChI is InChI=1S/C14H22N2O2/c1-8(2)11(15)7-14(18)16-12-5-10(4)13(17)6-9(12)3/h5-6,8,11,17H,7,15H2,1-4H3,(H,16,18). The lowest BCUT2D eigenvalue weighted by Crippen LogP contribution is -2.31. The van der Waals surface area contributed by atoms with Crippen LogP contribution in [0.1, 0.15) is 31.4 Å². The minimum Gasteiger partial charge on any atom is -0.508 e. The third-order valence-electron chi connectivity index (χ3n) is 3.09. The zero-order chi connectivity index (χ0) is 13.9. The lowest BCUT2D eigenvalue weighted by atomic mass is 10.0. The average Bonchev–Trinajstić information content (AvgIpc) is 2.25. The second kappa shape index (κ2) is 5.87. The van der Waals surface area contributed by atoms with E-state index < -0.39 is 0 Å². The molecule has 0 radical (unpaired) electrons. The van der Waals surface area contributed by atoms with Crippen LogP contribution in [0.3, 0.4) is 0 Å². The van der Waals surface area contributed by atoms with E-state index in [1.165, 1.54) is 0 Å². The van der Waals surface area contributed by atoms with Crippen molar-refractivity contribution in [2.75, 3.05) is 5.32 Å². The van der Waals surface area contributed by atoms with E-state index in [0.717, 1.165) is 16.8 Å². The van der Waals surface area contributed by atoms with Gasteiger partial charge in [-0.15, -0.1) is 0 Å². The normalized spacial score (nSPS) is 12.6. The molecular formula is C14H22N2O2. The highest BCUT2D eigenvalue weighted by atomic mass is 16.3. The summed E-state index contributed by atoms with van der Waals surface area (Å²) in [5, 5.41) is 12.4. The van der Waals surface area contributed by atoms with Crippen molar-refractivity contribution >= 4 is 11.6 Å². The maximum atomic E-state index is 11.8. The van der Waals surface area contributed by atoms with E-state index in [1.54, 1.807) is 19.1 Å². The molecule has 0 fully saturated rings. The second-order valence-corrected chi connectivity index (χ2v) is 5.11. The number of aryl methyl sites for hydroxylation is 2. The van der Waals surface area contributed by atoms with Crippen molar-refractivity contribution in [2.24, 2.45) is 11.7 Å². The van der Waals surface area contributed by atoms with Crippen LogP contribution in [-0.2, 0) is 4.79 Å². The highest BCUT2D eigenvalue weighted by molar-refractivity contribution is 5.92. The van der Waals surface area contributed by atoms with Gasteiger partial charge in [0.15, 0.2) is 0 Å². The van der Waals surface area contributed by atoms with Gasteiger partial charge in [-0.05, 0) is 43.0 Å². The van der Waals surface area contributed by atoms with Crippen molar-refractivity contribution in [1.82, 2.24) is 0 Å². The van der Waals surface area contributed by atoms with Crippen molar-refractivity contribution in [1.29, 1.82) is 0 Å². The van der Waals surface area contributed by atoms with Crippen molar-refractivity contribution < 1.29 is 9.90 Å². The molecule has 0 spiro atoms. The quantitative estimate of drug-likeness (QED) is 0.718. The molecule has 4 heteroatoms. The SMILES string of the molecule is Cc1cc(NC(=O)CC(N)C(C)C)c(C)cc1O. The fraction of sp³-hybridized carbons (Fsp3) is 0.500. The first-order chi connectivity index (χ1) is 8.31. The monoisotopic (exact) mass is 250 g/mol. The molecule has 1 aromatic carbocycles. The predicted octanol–water partition coefficient (Wildman–Crippen LogP) is 2.32. The Bertz CT molecular complexity index is 442. The topological polar surface area (TPSA) is 75.4 Å². The summed E-state index contributed by atoms with van der Waals surface area (Å²) >= 11 is 0. The third kappa shape index (κ3) is 3.74. The highest BCUT2D eigenvalue weighted by Gasteiger charge is 2.14. The molecule has 0 bridgehead atoms. The number of anilines is 1. The Hall–Kier alpha value is -1.55. The van der Waals surface area contributed by atoms with Crippen LogP contribution in [0.4, 0.5) is 5.69 Å². The van der Waals surface area contributed by atoms with Gasteiger partial charge in [0.2, 0.25) is 5.91 Å². The number of aromatic hydroxyl groups is 1. The van der Waals surface area contributed by atoms with Crippen molar-refractivity contribution in [3.05, 3.63) is 23.3 Å². The summed E-state index contributed by atoms with van der Waals surface area (Å²) in [7, 11) is 0. The first-order valence-electron chi connectivity index (χ1n) is 6.17. The number of hydrogen-bond donors (Lipinski definition) is 3. The van der Waals surface area contributed by atoms with E-state index in [9.17, 15) is 9.90 Å². The first-order valence-corrected chi connectivity index (χ1v) is 6.17. The van der Waals surface area contributed by atoms with Crippen LogP contribution < -0.4 is 11.1 Å². The molecule has 1 aromatic rings. The molecule has 18 heavy (non-hydrogen) atoms. The van der Waals surface area contributed by atoms with E-state index >= 15 is 0 Å². The number of phenols is 1. The van der Waals surface area contributed by atoms with E-state index in [-0.39, 0.29) is 23.6 Å². The van der Waals surface area contributed by atoms with Crippen LogP contribution in [0.2, 0.25) is 0 Å². The summed E-state index contributed by atoms with van der Waals surface area (Å²) in [4.78, 5) is 11.8. The Kier molecular flexibility index (Phi) is 4.73. The highest BCUT2D eigenvalue weighted by Crippen LogP contribution is 2.25. The number of carbonyl (C=O) groups excluding carboxylic acids is 1. The fourth-order valence-electron chi connectivity index (χ4n) is 1.59. The molecule has 0 aliphatic heterocycles. The maximum absolute atomic E-state index is 11.8. The summed E-state index contributed by atoms with van der Waals surface area (Å²) < 4.78 is 0. The van der Waals surface area contributed by atoms with Crippen LogP contribution in [0.5, 0.6) is 5.75 Å². The average molecular weight is 250 g/mol. The van der Waals surface area contributed by atoms with Crippen molar-refractivity contribution in [3.63, 3.8) is 0 Å². The van der Waals surface area contributed by atoms with Crippen LogP contribution in [0, 0.1) is 19.8 Å². The third-order valence-corrected chi connectivity index (χ3v) is 3.09. The molecule has 0 saturated heterocycles. The molecule has 1 rings (SSSR count). The number of amides is 1. The van der Waals surface area contributed by atoms with Crippen molar-refractivity contribution in [3.8, 4) is 5.75 Å². The number of phenolic OH excluding ortho intramolecular Hbond substituents is 1. The minimum absolute atomic E-state index is 0.0932. The number of hydrogen-bond acceptors (Lipinski definition) is 3. The van der Waals surface area contributed by atoms with Gasteiger partial charge in [0.05, 0.1) is 0 Å². The Morgan fingerprint density at radius 1 is 1.33 bits per heavy atom. The van der Waals surface area contributed by atoms with E-state index in [0.29, 0.717) is 6.42 Å². The smallest absolute Gasteiger partial charge is 0.225 e. The number of rotatable bonds is 4. The van der Waals surface area contributed by atoms with Gasteiger partial charge in [0.1, 0.15) is 5.75 Å². The Balaban J connectivity index is 2.73. The molecule has 4 N–H and O–H groups in total.